The first-order valence-electron chi connectivity index (χ1n) is 7.65. The van der Waals surface area contributed by atoms with Gasteiger partial charge >= 0.3 is 0 Å². The molecule has 0 saturated heterocycles. The molecule has 5 nitrogen and oxygen atoms in total. The van der Waals surface area contributed by atoms with Crippen molar-refractivity contribution < 1.29 is 14.6 Å². The van der Waals surface area contributed by atoms with Crippen molar-refractivity contribution in [2.45, 2.75) is 38.9 Å². The van der Waals surface area contributed by atoms with Crippen LogP contribution in [-0.2, 0) is 20.7 Å². The maximum Gasteiger partial charge on any atom is 0.147 e. The van der Waals surface area contributed by atoms with E-state index in [1.165, 1.54) is 0 Å². The van der Waals surface area contributed by atoms with E-state index in [9.17, 15) is 5.11 Å². The molecular formula is C18H24Br2N2O3. The van der Waals surface area contributed by atoms with Crippen LogP contribution in [-0.4, -0.2) is 29.0 Å². The second-order valence-electron chi connectivity index (χ2n) is 6.34. The number of aliphatic hydroxyl groups is 1. The third-order valence-corrected chi connectivity index (χ3v) is 4.17. The van der Waals surface area contributed by atoms with Gasteiger partial charge in [-0.15, -0.1) is 0 Å². The number of hydrogen-bond acceptors (Lipinski definition) is 5. The van der Waals surface area contributed by atoms with Crippen LogP contribution in [0.25, 0.3) is 0 Å². The lowest BCUT2D eigenvalue weighted by Crippen LogP contribution is -2.24. The van der Waals surface area contributed by atoms with Crippen LogP contribution < -0.4 is 0 Å². The molecule has 2 aromatic rings. The Balaban J connectivity index is 0.000000257. The maximum atomic E-state index is 9.50. The Bertz CT molecular complexity index is 639. The van der Waals surface area contributed by atoms with Crippen LogP contribution >= 0.6 is 31.9 Å². The summed E-state index contributed by atoms with van der Waals surface area (Å²) in [6.45, 7) is 7.61. The smallest absolute Gasteiger partial charge is 0.147 e. The van der Waals surface area contributed by atoms with Crippen molar-refractivity contribution in [3.8, 4) is 0 Å². The molecule has 2 rings (SSSR count). The third-order valence-electron chi connectivity index (χ3n) is 3.24. The molecule has 2 aromatic heterocycles. The molecular weight excluding hydrogens is 452 g/mol. The molecule has 2 heterocycles. The summed E-state index contributed by atoms with van der Waals surface area (Å²) in [6.07, 6.45) is 3.43. The van der Waals surface area contributed by atoms with E-state index in [4.69, 9.17) is 9.47 Å². The summed E-state index contributed by atoms with van der Waals surface area (Å²) < 4.78 is 12.3. The fourth-order valence-electron chi connectivity index (χ4n) is 1.75. The first-order chi connectivity index (χ1) is 11.6. The molecule has 0 atom stereocenters. The molecule has 0 spiro atoms. The molecule has 0 bridgehead atoms. The van der Waals surface area contributed by atoms with Crippen LogP contribution in [0.1, 0.15) is 39.1 Å². The van der Waals surface area contributed by atoms with Crippen molar-refractivity contribution >= 4 is 31.9 Å². The minimum Gasteiger partial charge on any atom is -0.384 e. The Morgan fingerprint density at radius 1 is 0.920 bits per heavy atom. The zero-order valence-electron chi connectivity index (χ0n) is 15.1. The number of methoxy groups -OCH3 is 1. The van der Waals surface area contributed by atoms with Crippen molar-refractivity contribution in [1.82, 2.24) is 9.97 Å². The van der Waals surface area contributed by atoms with Crippen LogP contribution in [0.5, 0.6) is 0 Å². The topological polar surface area (TPSA) is 64.5 Å². The lowest BCUT2D eigenvalue weighted by molar-refractivity contribution is -0.120. The van der Waals surface area contributed by atoms with Gasteiger partial charge in [0.1, 0.15) is 18.0 Å². The Labute approximate surface area is 166 Å². The third kappa shape index (κ3) is 7.92. The number of halogens is 2. The molecule has 25 heavy (non-hydrogen) atoms. The van der Waals surface area contributed by atoms with E-state index in [1.54, 1.807) is 39.4 Å². The minimum absolute atomic E-state index is 0.269. The average molecular weight is 476 g/mol. The first-order valence-corrected chi connectivity index (χ1v) is 9.24. The van der Waals surface area contributed by atoms with Gasteiger partial charge < -0.3 is 14.6 Å². The molecule has 0 aliphatic rings. The first kappa shape index (κ1) is 22.2. The van der Waals surface area contributed by atoms with E-state index in [-0.39, 0.29) is 6.79 Å². The lowest BCUT2D eigenvalue weighted by Gasteiger charge is -2.24. The van der Waals surface area contributed by atoms with Crippen molar-refractivity contribution in [1.29, 1.82) is 0 Å². The minimum atomic E-state index is -0.847. The van der Waals surface area contributed by atoms with Crippen LogP contribution in [0.4, 0.5) is 0 Å². The Morgan fingerprint density at radius 2 is 1.40 bits per heavy atom. The second-order valence-corrected chi connectivity index (χ2v) is 8.17. The molecule has 0 aliphatic heterocycles. The van der Waals surface area contributed by atoms with E-state index in [1.807, 2.05) is 32.0 Å². The van der Waals surface area contributed by atoms with Gasteiger partial charge in [0.25, 0.3) is 0 Å². The SMILES string of the molecule is CC(C)(O)c1ccc(Br)cn1.COCOC(C)(C)c1ccc(Br)cn1. The molecule has 0 unspecified atom stereocenters. The van der Waals surface area contributed by atoms with Gasteiger partial charge in [-0.05, 0) is 83.8 Å². The molecule has 0 fully saturated rings. The largest absolute Gasteiger partial charge is 0.384 e. The quantitative estimate of drug-likeness (QED) is 0.631. The van der Waals surface area contributed by atoms with E-state index in [0.717, 1.165) is 14.6 Å². The summed E-state index contributed by atoms with van der Waals surface area (Å²) in [5.41, 5.74) is 0.302. The molecule has 0 amide bonds. The van der Waals surface area contributed by atoms with Crippen LogP contribution in [0.2, 0.25) is 0 Å². The van der Waals surface area contributed by atoms with Gasteiger partial charge in [0, 0.05) is 28.4 Å². The molecule has 0 aliphatic carbocycles. The molecule has 1 N–H and O–H groups in total. The number of aromatic nitrogens is 2. The van der Waals surface area contributed by atoms with E-state index in [0.29, 0.717) is 5.69 Å². The van der Waals surface area contributed by atoms with Crippen molar-refractivity contribution in [3.63, 3.8) is 0 Å². The summed E-state index contributed by atoms with van der Waals surface area (Å²) >= 11 is 6.60. The zero-order chi connectivity index (χ0) is 19.1. The molecule has 0 aromatic carbocycles. The van der Waals surface area contributed by atoms with Gasteiger partial charge in [0.15, 0.2) is 0 Å². The standard InChI is InChI=1S/C10H14BrNO2.C8H10BrNO/c1-10(2,14-7-13-3)9-5-4-8(11)6-12-9;1-8(2,11)7-4-3-6(9)5-10-7/h4-6H,7H2,1-3H3;3-5,11H,1-2H3. The summed E-state index contributed by atoms with van der Waals surface area (Å²) in [7, 11) is 1.60. The van der Waals surface area contributed by atoms with Crippen LogP contribution in [0.3, 0.4) is 0 Å². The zero-order valence-corrected chi connectivity index (χ0v) is 18.3. The van der Waals surface area contributed by atoms with Gasteiger partial charge in [-0.3, -0.25) is 9.97 Å². The number of ether oxygens (including phenoxy) is 2. The number of rotatable bonds is 5. The highest BCUT2D eigenvalue weighted by atomic mass is 79.9. The summed E-state index contributed by atoms with van der Waals surface area (Å²) in [4.78, 5) is 8.33. The summed E-state index contributed by atoms with van der Waals surface area (Å²) in [5, 5.41) is 9.50. The van der Waals surface area contributed by atoms with Gasteiger partial charge in [-0.1, -0.05) is 0 Å². The molecule has 7 heteroatoms. The van der Waals surface area contributed by atoms with Crippen molar-refractivity contribution in [2.24, 2.45) is 0 Å². The van der Waals surface area contributed by atoms with Gasteiger partial charge in [0.2, 0.25) is 0 Å². The van der Waals surface area contributed by atoms with Gasteiger partial charge in [-0.2, -0.15) is 0 Å². The van der Waals surface area contributed by atoms with Gasteiger partial charge in [0.05, 0.1) is 11.4 Å². The summed E-state index contributed by atoms with van der Waals surface area (Å²) in [5.74, 6) is 0. The highest BCUT2D eigenvalue weighted by Gasteiger charge is 2.22. The fourth-order valence-corrected chi connectivity index (χ4v) is 2.22. The highest BCUT2D eigenvalue weighted by molar-refractivity contribution is 9.10. The number of nitrogens with zero attached hydrogens (tertiary/aromatic N) is 2. The maximum absolute atomic E-state index is 9.50. The predicted octanol–water partition coefficient (Wildman–Crippen LogP) is 4.77. The normalized spacial score (nSPS) is 11.7. The Hall–Kier alpha value is -0.860. The number of hydrogen-bond donors (Lipinski definition) is 1. The molecule has 0 saturated carbocycles. The average Bonchev–Trinajstić information content (AvgIpc) is 2.53. The predicted molar refractivity (Wildman–Crippen MR) is 105 cm³/mol. The van der Waals surface area contributed by atoms with Crippen LogP contribution in [0, 0.1) is 0 Å². The monoisotopic (exact) mass is 474 g/mol. The Morgan fingerprint density at radius 3 is 1.76 bits per heavy atom. The van der Waals surface area contributed by atoms with Crippen molar-refractivity contribution in [3.05, 3.63) is 57.0 Å². The number of pyridine rings is 2. The summed E-state index contributed by atoms with van der Waals surface area (Å²) in [6, 6.07) is 7.53. The molecule has 138 valence electrons. The second kappa shape index (κ2) is 9.73. The lowest BCUT2D eigenvalue weighted by atomic mass is 10.0. The Kier molecular flexibility index (Phi) is 8.63. The van der Waals surface area contributed by atoms with E-state index < -0.39 is 11.2 Å². The fraction of sp³-hybridized carbons (Fsp3) is 0.444. The van der Waals surface area contributed by atoms with E-state index in [2.05, 4.69) is 41.8 Å². The van der Waals surface area contributed by atoms with E-state index >= 15 is 0 Å². The molecule has 0 radical (unpaired) electrons. The van der Waals surface area contributed by atoms with Crippen molar-refractivity contribution in [2.75, 3.05) is 13.9 Å². The van der Waals surface area contributed by atoms with Crippen LogP contribution in [0.15, 0.2) is 45.6 Å². The highest BCUT2D eigenvalue weighted by Crippen LogP contribution is 2.23. The van der Waals surface area contributed by atoms with Gasteiger partial charge in [-0.25, -0.2) is 0 Å².